The van der Waals surface area contributed by atoms with Crippen LogP contribution in [0.1, 0.15) is 40.5 Å². The monoisotopic (exact) mass is 299 g/mol. The second-order valence-electron chi connectivity index (χ2n) is 5.99. The molecule has 1 aliphatic carbocycles. The maximum atomic E-state index is 12.6. The first-order valence-corrected chi connectivity index (χ1v) is 7.46. The van der Waals surface area contributed by atoms with Crippen molar-refractivity contribution in [2.75, 3.05) is 13.2 Å². The summed E-state index contributed by atoms with van der Waals surface area (Å²) in [5.41, 5.74) is 0. The minimum atomic E-state index is -0.933. The van der Waals surface area contributed by atoms with Crippen molar-refractivity contribution in [2.24, 2.45) is 17.8 Å². The van der Waals surface area contributed by atoms with Crippen molar-refractivity contribution in [2.45, 2.75) is 46.6 Å². The summed E-state index contributed by atoms with van der Waals surface area (Å²) in [4.78, 5) is 37.0. The quantitative estimate of drug-likeness (QED) is 0.752. The number of rotatable bonds is 6. The second-order valence-corrected chi connectivity index (χ2v) is 5.99. The van der Waals surface area contributed by atoms with Gasteiger partial charge in [-0.2, -0.15) is 0 Å². The van der Waals surface area contributed by atoms with Gasteiger partial charge < -0.3 is 14.7 Å². The number of carbonyl (C=O) groups is 3. The van der Waals surface area contributed by atoms with Crippen LogP contribution >= 0.6 is 0 Å². The zero-order valence-corrected chi connectivity index (χ0v) is 13.2. The molecule has 0 heterocycles. The first kappa shape index (κ1) is 17.5. The zero-order chi connectivity index (χ0) is 16.2. The molecule has 0 spiro atoms. The number of carboxylic acid groups (broad SMARTS) is 1. The van der Waals surface area contributed by atoms with Gasteiger partial charge in [0.05, 0.1) is 18.4 Å². The lowest BCUT2D eigenvalue weighted by Gasteiger charge is -2.29. The molecule has 0 aliphatic heterocycles. The van der Waals surface area contributed by atoms with Gasteiger partial charge in [0.25, 0.3) is 0 Å². The van der Waals surface area contributed by atoms with Crippen LogP contribution in [0.4, 0.5) is 0 Å². The molecule has 0 aromatic carbocycles. The standard InChI is InChI=1S/C15H25NO5/c1-5-21-13(17)8-16(9(2)3)14(18)11-6-10(4)7-12(11)15(19)20/h9-12H,5-8H2,1-4H3,(H,19,20)/t10?,11-,12+/m0/s1. The van der Waals surface area contributed by atoms with E-state index in [1.54, 1.807) is 6.92 Å². The van der Waals surface area contributed by atoms with Crippen LogP contribution in [0.15, 0.2) is 0 Å². The third-order valence-electron chi connectivity index (χ3n) is 3.94. The molecule has 6 heteroatoms. The lowest BCUT2D eigenvalue weighted by atomic mass is 9.94. The number of carboxylic acids is 1. The molecule has 1 rings (SSSR count). The lowest BCUT2D eigenvalue weighted by Crippen LogP contribution is -2.46. The van der Waals surface area contributed by atoms with Crippen LogP contribution in [-0.2, 0) is 19.1 Å². The van der Waals surface area contributed by atoms with Crippen molar-refractivity contribution < 1.29 is 24.2 Å². The summed E-state index contributed by atoms with van der Waals surface area (Å²) in [6.45, 7) is 7.42. The maximum Gasteiger partial charge on any atom is 0.325 e. The Kier molecular flexibility index (Phi) is 6.18. The highest BCUT2D eigenvalue weighted by atomic mass is 16.5. The zero-order valence-electron chi connectivity index (χ0n) is 13.2. The van der Waals surface area contributed by atoms with Gasteiger partial charge in [-0.15, -0.1) is 0 Å². The van der Waals surface area contributed by atoms with E-state index in [1.165, 1.54) is 4.90 Å². The summed E-state index contributed by atoms with van der Waals surface area (Å²) in [6, 6.07) is -0.174. The Balaban J connectivity index is 2.85. The van der Waals surface area contributed by atoms with E-state index in [4.69, 9.17) is 4.74 Å². The molecule has 0 aromatic heterocycles. The summed E-state index contributed by atoms with van der Waals surface area (Å²) in [5.74, 6) is -2.65. The van der Waals surface area contributed by atoms with Crippen LogP contribution in [0.5, 0.6) is 0 Å². The molecular weight excluding hydrogens is 274 g/mol. The van der Waals surface area contributed by atoms with Crippen molar-refractivity contribution in [3.8, 4) is 0 Å². The number of aliphatic carboxylic acids is 1. The first-order valence-electron chi connectivity index (χ1n) is 7.46. The molecule has 1 fully saturated rings. The van der Waals surface area contributed by atoms with E-state index in [9.17, 15) is 19.5 Å². The van der Waals surface area contributed by atoms with Gasteiger partial charge in [-0.25, -0.2) is 0 Å². The number of esters is 1. The van der Waals surface area contributed by atoms with Gasteiger partial charge in [0.2, 0.25) is 5.91 Å². The van der Waals surface area contributed by atoms with Gasteiger partial charge in [0, 0.05) is 6.04 Å². The predicted molar refractivity (Wildman–Crippen MR) is 76.5 cm³/mol. The fourth-order valence-corrected chi connectivity index (χ4v) is 2.91. The minimum absolute atomic E-state index is 0.123. The van der Waals surface area contributed by atoms with Gasteiger partial charge in [0.1, 0.15) is 6.54 Å². The van der Waals surface area contributed by atoms with E-state index >= 15 is 0 Å². The Morgan fingerprint density at radius 3 is 2.29 bits per heavy atom. The molecule has 1 aliphatic rings. The number of hydrogen-bond acceptors (Lipinski definition) is 4. The lowest BCUT2D eigenvalue weighted by molar-refractivity contribution is -0.154. The summed E-state index contributed by atoms with van der Waals surface area (Å²) in [6.07, 6.45) is 1.07. The molecule has 1 unspecified atom stereocenters. The summed E-state index contributed by atoms with van der Waals surface area (Å²) < 4.78 is 4.88. The molecule has 6 nitrogen and oxygen atoms in total. The van der Waals surface area contributed by atoms with Crippen LogP contribution in [-0.4, -0.2) is 47.0 Å². The average molecular weight is 299 g/mol. The molecule has 0 radical (unpaired) electrons. The minimum Gasteiger partial charge on any atom is -0.481 e. The normalized spacial score (nSPS) is 24.9. The number of hydrogen-bond donors (Lipinski definition) is 1. The number of nitrogens with zero attached hydrogens (tertiary/aromatic N) is 1. The predicted octanol–water partition coefficient (Wildman–Crippen LogP) is 1.53. The van der Waals surface area contributed by atoms with E-state index in [1.807, 2.05) is 20.8 Å². The van der Waals surface area contributed by atoms with Gasteiger partial charge in [-0.1, -0.05) is 6.92 Å². The number of carbonyl (C=O) groups excluding carboxylic acids is 2. The highest BCUT2D eigenvalue weighted by Gasteiger charge is 2.43. The average Bonchev–Trinajstić information content (AvgIpc) is 2.77. The van der Waals surface area contributed by atoms with Crippen molar-refractivity contribution in [3.63, 3.8) is 0 Å². The summed E-state index contributed by atoms with van der Waals surface area (Å²) in [5, 5.41) is 9.27. The van der Waals surface area contributed by atoms with Gasteiger partial charge in [-0.3, -0.25) is 14.4 Å². The molecule has 0 aromatic rings. The van der Waals surface area contributed by atoms with E-state index in [-0.39, 0.29) is 31.0 Å². The van der Waals surface area contributed by atoms with E-state index < -0.39 is 23.8 Å². The summed E-state index contributed by atoms with van der Waals surface area (Å²) in [7, 11) is 0. The van der Waals surface area contributed by atoms with Crippen molar-refractivity contribution in [3.05, 3.63) is 0 Å². The van der Waals surface area contributed by atoms with Crippen molar-refractivity contribution >= 4 is 17.8 Å². The van der Waals surface area contributed by atoms with Crippen LogP contribution in [0.25, 0.3) is 0 Å². The molecule has 1 saturated carbocycles. The molecule has 1 amide bonds. The fraction of sp³-hybridized carbons (Fsp3) is 0.800. The molecule has 21 heavy (non-hydrogen) atoms. The highest BCUT2D eigenvalue weighted by Crippen LogP contribution is 2.37. The third-order valence-corrected chi connectivity index (χ3v) is 3.94. The van der Waals surface area contributed by atoms with Gasteiger partial charge in [0.15, 0.2) is 0 Å². The first-order chi connectivity index (χ1) is 9.77. The Hall–Kier alpha value is -1.59. The Bertz CT molecular complexity index is 407. The third kappa shape index (κ3) is 4.44. The Morgan fingerprint density at radius 1 is 1.24 bits per heavy atom. The van der Waals surface area contributed by atoms with Crippen LogP contribution in [0.2, 0.25) is 0 Å². The number of ether oxygens (including phenoxy) is 1. The Morgan fingerprint density at radius 2 is 1.81 bits per heavy atom. The smallest absolute Gasteiger partial charge is 0.325 e. The van der Waals surface area contributed by atoms with E-state index in [0.29, 0.717) is 12.8 Å². The largest absolute Gasteiger partial charge is 0.481 e. The SMILES string of the molecule is CCOC(=O)CN(C(=O)[C@H]1CC(C)C[C@H]1C(=O)O)C(C)C. The number of amides is 1. The molecule has 3 atom stereocenters. The molecular formula is C15H25NO5. The summed E-state index contributed by atoms with van der Waals surface area (Å²) >= 11 is 0. The van der Waals surface area contributed by atoms with E-state index in [0.717, 1.165) is 0 Å². The topological polar surface area (TPSA) is 83.9 Å². The van der Waals surface area contributed by atoms with Crippen LogP contribution in [0, 0.1) is 17.8 Å². The fourth-order valence-electron chi connectivity index (χ4n) is 2.91. The maximum absolute atomic E-state index is 12.6. The molecule has 1 N–H and O–H groups in total. The van der Waals surface area contributed by atoms with Gasteiger partial charge >= 0.3 is 11.9 Å². The van der Waals surface area contributed by atoms with E-state index in [2.05, 4.69) is 0 Å². The van der Waals surface area contributed by atoms with Crippen LogP contribution < -0.4 is 0 Å². The van der Waals surface area contributed by atoms with Crippen molar-refractivity contribution in [1.82, 2.24) is 4.90 Å². The Labute approximate surface area is 125 Å². The highest BCUT2D eigenvalue weighted by molar-refractivity contribution is 5.88. The molecule has 120 valence electrons. The molecule has 0 saturated heterocycles. The second kappa shape index (κ2) is 7.43. The van der Waals surface area contributed by atoms with Crippen LogP contribution in [0.3, 0.4) is 0 Å². The van der Waals surface area contributed by atoms with Crippen molar-refractivity contribution in [1.29, 1.82) is 0 Å². The molecule has 0 bridgehead atoms. The van der Waals surface area contributed by atoms with Gasteiger partial charge in [-0.05, 0) is 39.5 Å².